The van der Waals surface area contributed by atoms with Gasteiger partial charge >= 0.3 is 0 Å². The van der Waals surface area contributed by atoms with Gasteiger partial charge in [0.15, 0.2) is 0 Å². The first-order chi connectivity index (χ1) is 18.5. The molecule has 1 aliphatic carbocycles. The quantitative estimate of drug-likeness (QED) is 0.440. The molecule has 0 unspecified atom stereocenters. The summed E-state index contributed by atoms with van der Waals surface area (Å²) in [7, 11) is 7.14. The van der Waals surface area contributed by atoms with Crippen molar-refractivity contribution in [3.8, 4) is 5.88 Å². The largest absolute Gasteiger partial charge is 0.478 e. The molecule has 200 valence electrons. The number of carbonyl (C=O) groups is 1. The molecule has 3 aromatic rings. The van der Waals surface area contributed by atoms with E-state index in [0.29, 0.717) is 30.5 Å². The number of amides is 1. The van der Waals surface area contributed by atoms with Crippen LogP contribution in [0.5, 0.6) is 5.88 Å². The lowest BCUT2D eigenvalue weighted by Gasteiger charge is -2.36. The van der Waals surface area contributed by atoms with E-state index in [0.717, 1.165) is 54.3 Å². The molecule has 1 atom stereocenters. The number of methoxy groups -OCH3 is 2. The second kappa shape index (κ2) is 11.3. The number of likely N-dealkylation sites (N-methyl/N-ethyl adjacent to an activating group) is 1. The van der Waals surface area contributed by atoms with Crippen LogP contribution < -0.4 is 15.4 Å². The molecule has 11 nitrogen and oxygen atoms in total. The number of rotatable bonds is 9. The Balaban J connectivity index is 1.34. The highest BCUT2D eigenvalue weighted by Gasteiger charge is 2.29. The zero-order valence-corrected chi connectivity index (χ0v) is 22.3. The first-order valence-electron chi connectivity index (χ1n) is 12.7. The van der Waals surface area contributed by atoms with Crippen LogP contribution in [0.2, 0.25) is 0 Å². The van der Waals surface area contributed by atoms with Gasteiger partial charge in [-0.25, -0.2) is 9.97 Å². The lowest BCUT2D eigenvalue weighted by Crippen LogP contribution is -2.54. The number of nitrogens with one attached hydrogen (secondary N) is 2. The lowest BCUT2D eigenvalue weighted by atomic mass is 10.0. The number of nitrogens with zero attached hydrogens (tertiary/aromatic N) is 6. The molecule has 0 radical (unpaired) electrons. The fraction of sp³-hybridized carbons (Fsp3) is 0.407. The summed E-state index contributed by atoms with van der Waals surface area (Å²) >= 11 is 0. The van der Waals surface area contributed by atoms with Gasteiger partial charge < -0.3 is 25.0 Å². The fourth-order valence-electron chi connectivity index (χ4n) is 4.98. The van der Waals surface area contributed by atoms with Crippen molar-refractivity contribution in [1.82, 2.24) is 29.5 Å². The number of hydrogen-bond acceptors (Lipinski definition) is 9. The highest BCUT2D eigenvalue weighted by atomic mass is 16.5. The van der Waals surface area contributed by atoms with Crippen molar-refractivity contribution in [3.63, 3.8) is 0 Å². The van der Waals surface area contributed by atoms with Crippen molar-refractivity contribution < 1.29 is 14.3 Å². The second-order valence-corrected chi connectivity index (χ2v) is 9.57. The second-order valence-electron chi connectivity index (χ2n) is 9.57. The van der Waals surface area contributed by atoms with E-state index in [4.69, 9.17) is 14.5 Å². The van der Waals surface area contributed by atoms with Crippen LogP contribution in [0.4, 0.5) is 17.3 Å². The number of anilines is 3. The summed E-state index contributed by atoms with van der Waals surface area (Å²) in [6.45, 7) is 3.90. The molecular weight excluding hydrogens is 484 g/mol. The molecule has 2 aromatic heterocycles. The fourth-order valence-corrected chi connectivity index (χ4v) is 4.98. The number of piperazine rings is 1. The molecule has 1 aliphatic heterocycles. The minimum absolute atomic E-state index is 0.0443. The average molecular weight is 519 g/mol. The van der Waals surface area contributed by atoms with Gasteiger partial charge in [-0.15, -0.1) is 5.10 Å². The third-order valence-electron chi connectivity index (χ3n) is 7.01. The molecule has 11 heteroatoms. The number of allylic oxidation sites excluding steroid dienone is 1. The van der Waals surface area contributed by atoms with Crippen LogP contribution in [-0.4, -0.2) is 95.6 Å². The molecule has 1 aromatic carbocycles. The van der Waals surface area contributed by atoms with Crippen LogP contribution in [0.3, 0.4) is 0 Å². The number of benzene rings is 1. The molecule has 0 bridgehead atoms. The predicted molar refractivity (Wildman–Crippen MR) is 146 cm³/mol. The number of hydrogen-bond donors (Lipinski definition) is 2. The minimum atomic E-state index is -0.335. The predicted octanol–water partition coefficient (Wildman–Crippen LogP) is 2.15. The van der Waals surface area contributed by atoms with Gasteiger partial charge in [0.1, 0.15) is 11.7 Å². The molecule has 2 aliphatic rings. The van der Waals surface area contributed by atoms with Crippen molar-refractivity contribution in [2.24, 2.45) is 7.05 Å². The molecule has 1 fully saturated rings. The van der Waals surface area contributed by atoms with Crippen LogP contribution in [0, 0.1) is 0 Å². The number of carbonyl (C=O) groups excluding carboxylic acids is 1. The summed E-state index contributed by atoms with van der Waals surface area (Å²) in [5.41, 5.74) is 5.43. The summed E-state index contributed by atoms with van der Waals surface area (Å²) < 4.78 is 12.4. The summed E-state index contributed by atoms with van der Waals surface area (Å²) in [6, 6.07) is 7.55. The van der Waals surface area contributed by atoms with E-state index in [1.807, 2.05) is 31.4 Å². The van der Waals surface area contributed by atoms with Crippen LogP contribution in [-0.2, 0) is 23.0 Å². The maximum absolute atomic E-state index is 13.4. The highest BCUT2D eigenvalue weighted by molar-refractivity contribution is 5.97. The molecule has 1 amide bonds. The van der Waals surface area contributed by atoms with E-state index in [1.54, 1.807) is 25.1 Å². The standard InChI is InChI=1S/C27H34N8O3/c1-33-12-14-35(15-13-33)24(17-37-3)25(36)29-21-7-5-6-18-19(21)8-9-20(18)22-10-11-28-27(30-22)31-23-16-34(2)32-26(23)38-4/h5-7,9-11,16,24H,8,12-15,17H2,1-4H3,(H,29,36)(H,28,30,31)/t24-/m0/s1. The molecule has 38 heavy (non-hydrogen) atoms. The van der Waals surface area contributed by atoms with Crippen molar-refractivity contribution in [2.75, 3.05) is 64.7 Å². The van der Waals surface area contributed by atoms with Gasteiger partial charge in [0.25, 0.3) is 5.88 Å². The van der Waals surface area contributed by atoms with Crippen molar-refractivity contribution in [1.29, 1.82) is 0 Å². The summed E-state index contributed by atoms with van der Waals surface area (Å²) in [5.74, 6) is 0.870. The zero-order chi connectivity index (χ0) is 26.6. The summed E-state index contributed by atoms with van der Waals surface area (Å²) in [5, 5.41) is 10.6. The molecule has 2 N–H and O–H groups in total. The van der Waals surface area contributed by atoms with E-state index in [9.17, 15) is 4.79 Å². The number of aromatic nitrogens is 4. The van der Waals surface area contributed by atoms with Gasteiger partial charge in [-0.2, -0.15) is 0 Å². The third kappa shape index (κ3) is 5.40. The molecule has 3 heterocycles. The van der Waals surface area contributed by atoms with Gasteiger partial charge in [-0.3, -0.25) is 14.4 Å². The van der Waals surface area contributed by atoms with E-state index >= 15 is 0 Å². The van der Waals surface area contributed by atoms with Crippen LogP contribution in [0.15, 0.2) is 42.7 Å². The van der Waals surface area contributed by atoms with Gasteiger partial charge in [0.05, 0.1) is 25.6 Å². The normalized spacial score (nSPS) is 16.6. The van der Waals surface area contributed by atoms with E-state index in [2.05, 4.69) is 49.7 Å². The minimum Gasteiger partial charge on any atom is -0.478 e. The zero-order valence-electron chi connectivity index (χ0n) is 22.3. The molecule has 1 saturated heterocycles. The monoisotopic (exact) mass is 518 g/mol. The Hall–Kier alpha value is -3.80. The summed E-state index contributed by atoms with van der Waals surface area (Å²) in [6.07, 6.45) is 6.38. The van der Waals surface area contributed by atoms with Crippen molar-refractivity contribution >= 4 is 28.8 Å². The van der Waals surface area contributed by atoms with Crippen LogP contribution in [0.1, 0.15) is 16.8 Å². The van der Waals surface area contributed by atoms with Gasteiger partial charge in [0, 0.05) is 57.8 Å². The number of fused-ring (bicyclic) bond motifs is 1. The number of aryl methyl sites for hydroxylation is 1. The third-order valence-corrected chi connectivity index (χ3v) is 7.01. The van der Waals surface area contributed by atoms with Crippen LogP contribution >= 0.6 is 0 Å². The molecular formula is C27H34N8O3. The maximum Gasteiger partial charge on any atom is 0.256 e. The molecule has 0 spiro atoms. The Kier molecular flexibility index (Phi) is 7.68. The molecule has 0 saturated carbocycles. The van der Waals surface area contributed by atoms with E-state index in [-0.39, 0.29) is 11.9 Å². The molecule has 5 rings (SSSR count). The summed E-state index contributed by atoms with van der Waals surface area (Å²) in [4.78, 5) is 27.0. The Bertz CT molecular complexity index is 1330. The van der Waals surface area contributed by atoms with Crippen LogP contribution in [0.25, 0.3) is 5.57 Å². The van der Waals surface area contributed by atoms with Gasteiger partial charge in [-0.05, 0) is 36.7 Å². The Morgan fingerprint density at radius 2 is 1.92 bits per heavy atom. The first-order valence-corrected chi connectivity index (χ1v) is 12.7. The van der Waals surface area contributed by atoms with Gasteiger partial charge in [0.2, 0.25) is 11.9 Å². The number of ether oxygens (including phenoxy) is 2. The topological polar surface area (TPSA) is 110 Å². The Morgan fingerprint density at radius 1 is 1.11 bits per heavy atom. The smallest absolute Gasteiger partial charge is 0.256 e. The first kappa shape index (κ1) is 25.8. The average Bonchev–Trinajstić information content (AvgIpc) is 3.51. The van der Waals surface area contributed by atoms with E-state index in [1.165, 1.54) is 0 Å². The SMILES string of the molecule is COC[C@@H](C(=O)Nc1cccc2c1CC=C2c1ccnc(Nc2cn(C)nc2OC)n1)N1CCN(C)CC1. The van der Waals surface area contributed by atoms with E-state index < -0.39 is 0 Å². The highest BCUT2D eigenvalue weighted by Crippen LogP contribution is 2.36. The Labute approximate surface area is 222 Å². The maximum atomic E-state index is 13.4. The lowest BCUT2D eigenvalue weighted by molar-refractivity contribution is -0.124. The van der Waals surface area contributed by atoms with Crippen molar-refractivity contribution in [2.45, 2.75) is 12.5 Å². The van der Waals surface area contributed by atoms with Gasteiger partial charge in [-0.1, -0.05) is 18.2 Å². The van der Waals surface area contributed by atoms with Crippen molar-refractivity contribution in [3.05, 3.63) is 59.6 Å². The Morgan fingerprint density at radius 3 is 2.68 bits per heavy atom.